The zero-order chi connectivity index (χ0) is 16.3. The number of hydrogen-bond acceptors (Lipinski definition) is 5. The number of carbonyl (C=O) groups excluding carboxylic acids is 1. The van der Waals surface area contributed by atoms with Crippen LogP contribution in [0.1, 0.15) is 24.8 Å². The van der Waals surface area contributed by atoms with Crippen LogP contribution in [-0.2, 0) is 14.8 Å². The van der Waals surface area contributed by atoms with E-state index in [0.717, 1.165) is 12.8 Å². The lowest BCUT2D eigenvalue weighted by molar-refractivity contribution is -0.118. The summed E-state index contributed by atoms with van der Waals surface area (Å²) < 4.78 is 23.6. The van der Waals surface area contributed by atoms with E-state index in [1.807, 2.05) is 11.0 Å². The smallest absolute Gasteiger partial charge is 0.240 e. The number of sulfonamides is 1. The van der Waals surface area contributed by atoms with Crippen molar-refractivity contribution in [3.8, 4) is 6.07 Å². The van der Waals surface area contributed by atoms with Crippen LogP contribution in [0.3, 0.4) is 0 Å². The second kappa shape index (κ2) is 6.34. The summed E-state index contributed by atoms with van der Waals surface area (Å²) in [6, 6.07) is 6.33. The fourth-order valence-corrected chi connectivity index (χ4v) is 3.59. The first kappa shape index (κ1) is 16.3. The number of anilines is 1. The summed E-state index contributed by atoms with van der Waals surface area (Å²) in [6.45, 7) is 1.21. The van der Waals surface area contributed by atoms with Crippen molar-refractivity contribution in [2.75, 3.05) is 18.0 Å². The molecule has 8 heteroatoms. The van der Waals surface area contributed by atoms with Crippen molar-refractivity contribution >= 4 is 21.6 Å². The molecule has 1 aromatic rings. The average molecular weight is 322 g/mol. The van der Waals surface area contributed by atoms with Crippen LogP contribution >= 0.6 is 0 Å². The van der Waals surface area contributed by atoms with Gasteiger partial charge < -0.3 is 10.6 Å². The van der Waals surface area contributed by atoms with E-state index in [0.29, 0.717) is 18.8 Å². The largest absolute Gasteiger partial charge is 0.370 e. The van der Waals surface area contributed by atoms with Gasteiger partial charge in [0.1, 0.15) is 4.90 Å². The fourth-order valence-electron chi connectivity index (χ4n) is 2.81. The summed E-state index contributed by atoms with van der Waals surface area (Å²) in [5.74, 6) is -0.270. The average Bonchev–Trinajstić information content (AvgIpc) is 2.45. The Labute approximate surface area is 129 Å². The van der Waals surface area contributed by atoms with E-state index >= 15 is 0 Å². The molecule has 1 fully saturated rings. The van der Waals surface area contributed by atoms with Crippen LogP contribution in [0.5, 0.6) is 0 Å². The van der Waals surface area contributed by atoms with Crippen LogP contribution in [0.4, 0.5) is 5.69 Å². The van der Waals surface area contributed by atoms with Crippen molar-refractivity contribution < 1.29 is 13.2 Å². The van der Waals surface area contributed by atoms with E-state index in [9.17, 15) is 13.2 Å². The molecule has 0 radical (unpaired) electrons. The maximum absolute atomic E-state index is 11.8. The lowest BCUT2D eigenvalue weighted by Gasteiger charge is -2.34. The van der Waals surface area contributed by atoms with E-state index in [1.165, 1.54) is 6.07 Å². The number of hydrogen-bond donors (Lipinski definition) is 2. The summed E-state index contributed by atoms with van der Waals surface area (Å²) in [5, 5.41) is 14.2. The van der Waals surface area contributed by atoms with Gasteiger partial charge in [-0.3, -0.25) is 4.79 Å². The van der Waals surface area contributed by atoms with Crippen molar-refractivity contribution in [1.29, 1.82) is 5.26 Å². The van der Waals surface area contributed by atoms with Gasteiger partial charge in [-0.15, -0.1) is 0 Å². The fraction of sp³-hybridized carbons (Fsp3) is 0.429. The first-order chi connectivity index (χ1) is 10.3. The Morgan fingerprint density at radius 2 is 2.18 bits per heavy atom. The molecule has 4 N–H and O–H groups in total. The molecule has 0 spiro atoms. The molecule has 1 aliphatic rings. The second-order valence-electron chi connectivity index (χ2n) is 5.46. The number of rotatable bonds is 4. The molecular formula is C14H18N4O3S. The Bertz CT molecular complexity index is 724. The highest BCUT2D eigenvalue weighted by atomic mass is 32.2. The summed E-state index contributed by atoms with van der Waals surface area (Å²) in [6.07, 6.45) is 1.99. The molecule has 1 amide bonds. The van der Waals surface area contributed by atoms with Gasteiger partial charge in [-0.05, 0) is 37.0 Å². The van der Waals surface area contributed by atoms with E-state index in [1.54, 1.807) is 12.1 Å². The Kier molecular flexibility index (Phi) is 4.68. The Balaban J connectivity index is 2.35. The van der Waals surface area contributed by atoms with Crippen LogP contribution in [0.25, 0.3) is 0 Å². The highest BCUT2D eigenvalue weighted by Crippen LogP contribution is 2.30. The number of benzene rings is 1. The van der Waals surface area contributed by atoms with Crippen molar-refractivity contribution in [1.82, 2.24) is 0 Å². The van der Waals surface area contributed by atoms with Gasteiger partial charge in [0.05, 0.1) is 17.3 Å². The van der Waals surface area contributed by atoms with Gasteiger partial charge in [-0.1, -0.05) is 0 Å². The Morgan fingerprint density at radius 1 is 1.45 bits per heavy atom. The van der Waals surface area contributed by atoms with Gasteiger partial charge in [-0.25, -0.2) is 13.6 Å². The molecule has 0 aliphatic carbocycles. The highest BCUT2D eigenvalue weighted by Gasteiger charge is 2.25. The number of nitrogens with two attached hydrogens (primary N) is 2. The summed E-state index contributed by atoms with van der Waals surface area (Å²) in [5.41, 5.74) is 5.94. The number of piperidine rings is 1. The number of nitriles is 1. The topological polar surface area (TPSA) is 130 Å². The molecular weight excluding hydrogens is 304 g/mol. The second-order valence-corrected chi connectivity index (χ2v) is 6.99. The Morgan fingerprint density at radius 3 is 2.77 bits per heavy atom. The highest BCUT2D eigenvalue weighted by molar-refractivity contribution is 7.89. The third kappa shape index (κ3) is 3.75. The minimum atomic E-state index is -3.94. The number of amides is 1. The molecule has 22 heavy (non-hydrogen) atoms. The van der Waals surface area contributed by atoms with Gasteiger partial charge in [0.15, 0.2) is 0 Å². The molecule has 0 aromatic heterocycles. The first-order valence-corrected chi connectivity index (χ1v) is 8.46. The van der Waals surface area contributed by atoms with E-state index in [4.69, 9.17) is 16.1 Å². The monoisotopic (exact) mass is 322 g/mol. The molecule has 118 valence electrons. The molecule has 1 atom stereocenters. The van der Waals surface area contributed by atoms with E-state index in [2.05, 4.69) is 0 Å². The SMILES string of the molecule is N#Cc1ccc(N2CCC[C@@H](CC(N)=O)C2)c(S(N)(=O)=O)c1. The summed E-state index contributed by atoms with van der Waals surface area (Å²) in [4.78, 5) is 12.9. The van der Waals surface area contributed by atoms with Crippen LogP contribution in [0.15, 0.2) is 23.1 Å². The van der Waals surface area contributed by atoms with Gasteiger partial charge in [-0.2, -0.15) is 5.26 Å². The number of carbonyl (C=O) groups is 1. The van der Waals surface area contributed by atoms with Crippen LogP contribution in [-0.4, -0.2) is 27.4 Å². The lowest BCUT2D eigenvalue weighted by Crippen LogP contribution is -2.38. The van der Waals surface area contributed by atoms with Crippen molar-refractivity contribution in [2.45, 2.75) is 24.2 Å². The molecule has 0 unspecified atom stereocenters. The first-order valence-electron chi connectivity index (χ1n) is 6.91. The van der Waals surface area contributed by atoms with Crippen LogP contribution < -0.4 is 15.8 Å². The van der Waals surface area contributed by atoms with Crippen LogP contribution in [0, 0.1) is 17.2 Å². The molecule has 1 aliphatic heterocycles. The molecule has 0 saturated carbocycles. The van der Waals surface area contributed by atoms with Gasteiger partial charge >= 0.3 is 0 Å². The van der Waals surface area contributed by atoms with Crippen molar-refractivity contribution in [3.05, 3.63) is 23.8 Å². The summed E-state index contributed by atoms with van der Waals surface area (Å²) >= 11 is 0. The zero-order valence-corrected chi connectivity index (χ0v) is 12.8. The molecule has 7 nitrogen and oxygen atoms in total. The molecule has 0 bridgehead atoms. The minimum absolute atomic E-state index is 0.0636. The van der Waals surface area contributed by atoms with E-state index < -0.39 is 10.0 Å². The lowest BCUT2D eigenvalue weighted by atomic mass is 9.94. The van der Waals surface area contributed by atoms with Gasteiger partial charge in [0.25, 0.3) is 0 Å². The zero-order valence-electron chi connectivity index (χ0n) is 12.0. The van der Waals surface area contributed by atoms with Crippen molar-refractivity contribution in [3.63, 3.8) is 0 Å². The molecule has 1 aromatic carbocycles. The number of primary amides is 1. The van der Waals surface area contributed by atoms with Gasteiger partial charge in [0.2, 0.25) is 15.9 Å². The number of nitrogens with zero attached hydrogens (tertiary/aromatic N) is 2. The predicted molar refractivity (Wildman–Crippen MR) is 81.3 cm³/mol. The molecule has 1 heterocycles. The predicted octanol–water partition coefficient (Wildman–Crippen LogP) is 0.297. The normalized spacial score (nSPS) is 18.7. The van der Waals surface area contributed by atoms with Gasteiger partial charge in [0, 0.05) is 19.5 Å². The molecule has 2 rings (SSSR count). The maximum Gasteiger partial charge on any atom is 0.240 e. The van der Waals surface area contributed by atoms with Crippen LogP contribution in [0.2, 0.25) is 0 Å². The minimum Gasteiger partial charge on any atom is -0.370 e. The van der Waals surface area contributed by atoms with E-state index in [-0.39, 0.29) is 28.7 Å². The Hall–Kier alpha value is -2.11. The quantitative estimate of drug-likeness (QED) is 0.823. The third-order valence-corrected chi connectivity index (χ3v) is 4.69. The van der Waals surface area contributed by atoms with Crippen molar-refractivity contribution in [2.24, 2.45) is 16.8 Å². The maximum atomic E-state index is 11.8. The third-order valence-electron chi connectivity index (χ3n) is 3.74. The standard InChI is InChI=1S/C14H18N4O3S/c15-8-10-3-4-12(13(6-10)22(17,20)21)18-5-1-2-11(9-18)7-14(16)19/h3-4,6,11H,1-2,5,7,9H2,(H2,16,19)(H2,17,20,21)/t11-/m0/s1. The molecule has 1 saturated heterocycles. The number of primary sulfonamides is 1. The summed E-state index contributed by atoms with van der Waals surface area (Å²) in [7, 11) is -3.94.